The van der Waals surface area contributed by atoms with Gasteiger partial charge >= 0.3 is 11.8 Å². The van der Waals surface area contributed by atoms with Crippen molar-refractivity contribution in [3.63, 3.8) is 0 Å². The van der Waals surface area contributed by atoms with Crippen molar-refractivity contribution >= 4 is 58.2 Å². The van der Waals surface area contributed by atoms with Gasteiger partial charge in [0.15, 0.2) is 12.3 Å². The van der Waals surface area contributed by atoms with E-state index in [0.717, 1.165) is 16.9 Å². The summed E-state index contributed by atoms with van der Waals surface area (Å²) in [6.07, 6.45) is 4.75. The molecule has 1 aliphatic rings. The van der Waals surface area contributed by atoms with Crippen LogP contribution in [0.1, 0.15) is 30.9 Å². The van der Waals surface area contributed by atoms with Gasteiger partial charge in [-0.1, -0.05) is 17.7 Å². The molecular weight excluding hydrogens is 450 g/mol. The van der Waals surface area contributed by atoms with Crippen molar-refractivity contribution in [2.45, 2.75) is 25.3 Å². The van der Waals surface area contributed by atoms with Crippen LogP contribution in [0.15, 0.2) is 30.6 Å². The number of aromatic nitrogens is 3. The third-order valence-electron chi connectivity index (χ3n) is 5.20. The number of nitrogens with two attached hydrogens (primary N) is 1. The summed E-state index contributed by atoms with van der Waals surface area (Å²) in [7, 11) is 0. The van der Waals surface area contributed by atoms with Gasteiger partial charge in [0.1, 0.15) is 17.2 Å². The van der Waals surface area contributed by atoms with E-state index in [4.69, 9.17) is 17.3 Å². The number of benzene rings is 1. The lowest BCUT2D eigenvalue weighted by Gasteiger charge is -2.35. The molecule has 1 unspecified atom stereocenters. The monoisotopic (exact) mass is 466 g/mol. The van der Waals surface area contributed by atoms with E-state index >= 15 is 0 Å². The maximum Gasteiger partial charge on any atom is 0.314 e. The first-order valence-electron chi connectivity index (χ1n) is 9.39. The Kier molecular flexibility index (Phi) is 5.96. The first-order chi connectivity index (χ1) is 14.9. The molecule has 4 rings (SSSR count). The minimum Gasteiger partial charge on any atom is -0.383 e. The normalized spacial score (nSPS) is 16.5. The number of halogens is 3. The van der Waals surface area contributed by atoms with E-state index in [9.17, 15) is 17.9 Å². The van der Waals surface area contributed by atoms with Crippen molar-refractivity contribution in [3.8, 4) is 0 Å². The fourth-order valence-electron chi connectivity index (χ4n) is 3.72. The van der Waals surface area contributed by atoms with Crippen LogP contribution in [0.25, 0.3) is 10.9 Å². The highest BCUT2D eigenvalue weighted by atomic mass is 35.5. The Hall–Kier alpha value is -2.92. The molecule has 0 bridgehead atoms. The van der Waals surface area contributed by atoms with Gasteiger partial charge in [-0.15, -0.1) is 3.89 Å². The molecule has 31 heavy (non-hydrogen) atoms. The predicted octanol–water partition coefficient (Wildman–Crippen LogP) is 3.88. The van der Waals surface area contributed by atoms with E-state index in [0.29, 0.717) is 23.9 Å². The van der Waals surface area contributed by atoms with Gasteiger partial charge in [-0.25, -0.2) is 9.37 Å². The number of hydrogen-bond acceptors (Lipinski definition) is 6. The lowest BCUT2D eigenvalue weighted by molar-refractivity contribution is -0.145. The molecule has 12 heteroatoms. The number of amides is 2. The number of nitrogens with one attached hydrogen (secondary N) is 1. The third-order valence-corrected chi connectivity index (χ3v) is 5.90. The maximum atomic E-state index is 13.6. The van der Waals surface area contributed by atoms with Crippen LogP contribution in [0.5, 0.6) is 0 Å². The van der Waals surface area contributed by atoms with Crippen molar-refractivity contribution in [3.05, 3.63) is 47.0 Å². The van der Waals surface area contributed by atoms with Crippen LogP contribution >= 0.6 is 23.9 Å². The molecule has 1 fully saturated rings. The Bertz CT molecular complexity index is 1170. The van der Waals surface area contributed by atoms with Gasteiger partial charge in [0, 0.05) is 6.54 Å². The van der Waals surface area contributed by atoms with Gasteiger partial charge in [-0.2, -0.15) is 9.19 Å². The van der Waals surface area contributed by atoms with Crippen LogP contribution in [0.2, 0.25) is 5.02 Å². The van der Waals surface area contributed by atoms with Crippen LogP contribution in [0, 0.1) is 5.82 Å². The largest absolute Gasteiger partial charge is 0.383 e. The second-order valence-corrected chi connectivity index (χ2v) is 7.93. The molecule has 1 aromatic carbocycles. The number of likely N-dealkylation sites (tertiary alicyclic amines) is 1. The Morgan fingerprint density at radius 3 is 2.84 bits per heavy atom. The molecule has 1 aliphatic heterocycles. The Morgan fingerprint density at radius 1 is 1.29 bits per heavy atom. The first-order valence-corrected chi connectivity index (χ1v) is 10.4. The smallest absolute Gasteiger partial charge is 0.314 e. The van der Waals surface area contributed by atoms with Crippen molar-refractivity contribution in [1.29, 1.82) is 0 Å². The van der Waals surface area contributed by atoms with E-state index in [1.165, 1.54) is 29.4 Å². The van der Waals surface area contributed by atoms with Crippen molar-refractivity contribution in [1.82, 2.24) is 19.1 Å². The predicted molar refractivity (Wildman–Crippen MR) is 114 cm³/mol. The highest BCUT2D eigenvalue weighted by Crippen LogP contribution is 2.34. The number of anilines is 2. The van der Waals surface area contributed by atoms with Crippen molar-refractivity contribution in [2.75, 3.05) is 17.6 Å². The fraction of sp³-hybridized carbons (Fsp3) is 0.263. The van der Waals surface area contributed by atoms with Crippen molar-refractivity contribution < 1.29 is 17.9 Å². The minimum atomic E-state index is -0.912. The van der Waals surface area contributed by atoms with Crippen LogP contribution in [0.3, 0.4) is 0 Å². The second-order valence-electron chi connectivity index (χ2n) is 7.04. The summed E-state index contributed by atoms with van der Waals surface area (Å²) >= 11 is 5.72. The number of hydrogen-bond donors (Lipinski definition) is 2. The van der Waals surface area contributed by atoms with E-state index < -0.39 is 23.7 Å². The number of fused-ring (bicyclic) bond motifs is 1. The third kappa shape index (κ3) is 4.02. The molecule has 2 aromatic heterocycles. The lowest BCUT2D eigenvalue weighted by Crippen LogP contribution is -2.44. The molecule has 3 N–H and O–H groups in total. The summed E-state index contributed by atoms with van der Waals surface area (Å²) in [6.45, 7) is 0.361. The van der Waals surface area contributed by atoms with E-state index in [1.54, 1.807) is 6.07 Å². The molecule has 0 aliphatic carbocycles. The molecule has 0 spiro atoms. The van der Waals surface area contributed by atoms with E-state index in [1.807, 2.05) is 0 Å². The van der Waals surface area contributed by atoms with Crippen LogP contribution < -0.4 is 11.1 Å². The highest BCUT2D eigenvalue weighted by molar-refractivity contribution is 7.92. The standard InChI is InChI=1S/C19H17ClF2N6O2S/c20-12-7-10(4-5-13(12)21)15-3-1-2-6-27(15)19(30)18(29)26-14-9-24-17(23)11-8-25-28(31-22)16(11)14/h4-5,7-9,15H,1-3,6H2,(H2,23,24)(H,26,29). The minimum absolute atomic E-state index is 0.0488. The second kappa shape index (κ2) is 8.67. The molecule has 3 aromatic rings. The molecule has 3 heterocycles. The maximum absolute atomic E-state index is 13.6. The number of carbonyl (C=O) groups excluding carboxylic acids is 2. The quantitative estimate of drug-likeness (QED) is 0.567. The zero-order valence-corrected chi connectivity index (χ0v) is 17.6. The molecule has 8 nitrogen and oxygen atoms in total. The molecule has 0 radical (unpaired) electrons. The SMILES string of the molecule is Nc1ncc(NC(=O)C(=O)N2CCCCC2c2ccc(F)c(Cl)c2)c2c1cnn2SF. The molecule has 1 atom stereocenters. The summed E-state index contributed by atoms with van der Waals surface area (Å²) in [5.74, 6) is -2.12. The first kappa shape index (κ1) is 21.3. The van der Waals surface area contributed by atoms with E-state index in [2.05, 4.69) is 15.4 Å². The Morgan fingerprint density at radius 2 is 2.10 bits per heavy atom. The number of piperidine rings is 1. The highest BCUT2D eigenvalue weighted by Gasteiger charge is 2.32. The average molecular weight is 467 g/mol. The zero-order valence-electron chi connectivity index (χ0n) is 16.0. The molecule has 0 saturated carbocycles. The van der Waals surface area contributed by atoms with Gasteiger partial charge in [-0.05, 0) is 37.0 Å². The summed E-state index contributed by atoms with van der Waals surface area (Å²) in [5.41, 5.74) is 6.73. The van der Waals surface area contributed by atoms with Gasteiger partial charge in [0.05, 0.1) is 34.5 Å². The van der Waals surface area contributed by atoms with Gasteiger partial charge in [0.25, 0.3) is 0 Å². The molecule has 162 valence electrons. The van der Waals surface area contributed by atoms with Crippen molar-refractivity contribution in [2.24, 2.45) is 0 Å². The van der Waals surface area contributed by atoms with Crippen LogP contribution in [-0.4, -0.2) is 37.4 Å². The summed E-state index contributed by atoms with van der Waals surface area (Å²) in [6, 6.07) is 3.85. The summed E-state index contributed by atoms with van der Waals surface area (Å²) in [4.78, 5) is 31.2. The summed E-state index contributed by atoms with van der Waals surface area (Å²) in [5, 5.41) is 6.62. The van der Waals surface area contributed by atoms with E-state index in [-0.39, 0.29) is 34.4 Å². The van der Waals surface area contributed by atoms with Crippen LogP contribution in [0.4, 0.5) is 19.8 Å². The number of rotatable bonds is 3. The van der Waals surface area contributed by atoms with Gasteiger partial charge < -0.3 is 16.0 Å². The Labute approximate surface area is 185 Å². The fourth-order valence-corrected chi connectivity index (χ4v) is 4.26. The molecule has 2 amide bonds. The number of pyridine rings is 1. The Balaban J connectivity index is 1.60. The topological polar surface area (TPSA) is 106 Å². The lowest BCUT2D eigenvalue weighted by atomic mass is 9.95. The molecule has 1 saturated heterocycles. The molecular formula is C19H17ClF2N6O2S. The number of nitrogens with zero attached hydrogens (tertiary/aromatic N) is 4. The van der Waals surface area contributed by atoms with Gasteiger partial charge in [-0.3, -0.25) is 9.59 Å². The zero-order chi connectivity index (χ0) is 22.1. The van der Waals surface area contributed by atoms with Crippen LogP contribution in [-0.2, 0) is 9.59 Å². The average Bonchev–Trinajstić information content (AvgIpc) is 3.22. The number of carbonyl (C=O) groups is 2. The van der Waals surface area contributed by atoms with Gasteiger partial charge in [0.2, 0.25) is 0 Å². The number of nitrogen functional groups attached to an aromatic ring is 1. The summed E-state index contributed by atoms with van der Waals surface area (Å²) < 4.78 is 27.7.